The molecule has 2 aromatic carbocycles. The minimum Gasteiger partial charge on any atom is -0.467 e. The lowest BCUT2D eigenvalue weighted by Crippen LogP contribution is -2.01. The molecule has 0 unspecified atom stereocenters. The summed E-state index contributed by atoms with van der Waals surface area (Å²) in [5.41, 5.74) is 2.49. The number of thioether (sulfide) groups is 1. The number of halogens is 1. The quantitative estimate of drug-likeness (QED) is 0.380. The second-order valence-corrected chi connectivity index (χ2v) is 7.53. The summed E-state index contributed by atoms with van der Waals surface area (Å²) in [6, 6.07) is 17.1. The zero-order valence-corrected chi connectivity index (χ0v) is 17.4. The highest BCUT2D eigenvalue weighted by Crippen LogP contribution is 2.23. The van der Waals surface area contributed by atoms with Gasteiger partial charge in [0.1, 0.15) is 0 Å². The normalized spacial score (nSPS) is 10.9. The van der Waals surface area contributed by atoms with Crippen LogP contribution in [0, 0.1) is 6.92 Å². The number of nitrogens with zero attached hydrogens (tertiary/aromatic N) is 4. The molecule has 4 rings (SSSR count). The molecule has 0 aliphatic carbocycles. The Balaban J connectivity index is 1.48. The molecule has 0 aliphatic rings. The maximum Gasteiger partial charge on any atom is 0.264 e. The summed E-state index contributed by atoms with van der Waals surface area (Å²) in [5, 5.41) is 4.65. The number of aromatic nitrogens is 4. The molecular formula is C21H17ClN4O2S. The van der Waals surface area contributed by atoms with Gasteiger partial charge in [-0.05, 0) is 49.6 Å². The average Bonchev–Trinajstić information content (AvgIpc) is 3.21. The number of hydrogen-bond donors (Lipinski definition) is 0. The van der Waals surface area contributed by atoms with Gasteiger partial charge in [0.15, 0.2) is 12.4 Å². The lowest BCUT2D eigenvalue weighted by atomic mass is 10.2. The molecule has 0 saturated heterocycles. The number of benzene rings is 2. The Labute approximate surface area is 177 Å². The third-order valence-electron chi connectivity index (χ3n) is 4.07. The van der Waals surface area contributed by atoms with Crippen molar-refractivity contribution in [2.24, 2.45) is 0 Å². The number of rotatable bonds is 6. The van der Waals surface area contributed by atoms with Gasteiger partial charge in [-0.25, -0.2) is 4.98 Å². The van der Waals surface area contributed by atoms with Crippen molar-refractivity contribution < 1.29 is 9.26 Å². The Morgan fingerprint density at radius 2 is 1.79 bits per heavy atom. The van der Waals surface area contributed by atoms with E-state index in [1.807, 2.05) is 55.6 Å². The monoisotopic (exact) mass is 424 g/mol. The van der Waals surface area contributed by atoms with E-state index in [9.17, 15) is 0 Å². The summed E-state index contributed by atoms with van der Waals surface area (Å²) in [7, 11) is 0. The van der Waals surface area contributed by atoms with Crippen LogP contribution in [0.2, 0.25) is 5.02 Å². The lowest BCUT2D eigenvalue weighted by molar-refractivity contribution is 0.235. The van der Waals surface area contributed by atoms with Crippen LogP contribution in [0.1, 0.15) is 11.6 Å². The van der Waals surface area contributed by atoms with Crippen LogP contribution in [-0.4, -0.2) is 26.4 Å². The van der Waals surface area contributed by atoms with Crippen molar-refractivity contribution >= 4 is 23.4 Å². The molecule has 0 radical (unpaired) electrons. The summed E-state index contributed by atoms with van der Waals surface area (Å²) < 4.78 is 11.1. The molecule has 0 spiro atoms. The van der Waals surface area contributed by atoms with Gasteiger partial charge < -0.3 is 9.26 Å². The van der Waals surface area contributed by atoms with E-state index in [0.29, 0.717) is 28.4 Å². The van der Waals surface area contributed by atoms with Crippen LogP contribution in [0.5, 0.6) is 5.88 Å². The molecular weight excluding hydrogens is 408 g/mol. The van der Waals surface area contributed by atoms with Crippen LogP contribution in [0.25, 0.3) is 22.8 Å². The molecule has 0 atom stereocenters. The summed E-state index contributed by atoms with van der Waals surface area (Å²) in [4.78, 5) is 14.5. The molecule has 146 valence electrons. The van der Waals surface area contributed by atoms with Gasteiger partial charge in [0.05, 0.1) is 0 Å². The Morgan fingerprint density at radius 3 is 2.55 bits per heavy atom. The van der Waals surface area contributed by atoms with Crippen LogP contribution in [0.3, 0.4) is 0 Å². The van der Waals surface area contributed by atoms with Crippen LogP contribution in [0.4, 0.5) is 0 Å². The van der Waals surface area contributed by atoms with E-state index in [1.165, 1.54) is 4.90 Å². The van der Waals surface area contributed by atoms with E-state index in [4.69, 9.17) is 20.9 Å². The van der Waals surface area contributed by atoms with E-state index >= 15 is 0 Å². The molecule has 8 heteroatoms. The Bertz CT molecular complexity index is 1130. The fourth-order valence-electron chi connectivity index (χ4n) is 2.68. The van der Waals surface area contributed by atoms with E-state index in [-0.39, 0.29) is 6.61 Å². The first kappa shape index (κ1) is 19.4. The third-order valence-corrected chi connectivity index (χ3v) is 5.05. The largest absolute Gasteiger partial charge is 0.467 e. The van der Waals surface area contributed by atoms with Crippen molar-refractivity contribution in [2.45, 2.75) is 18.4 Å². The molecule has 0 saturated carbocycles. The molecule has 0 aliphatic heterocycles. The molecule has 2 heterocycles. The predicted octanol–water partition coefficient (Wildman–Crippen LogP) is 5.46. The summed E-state index contributed by atoms with van der Waals surface area (Å²) >= 11 is 7.75. The zero-order valence-electron chi connectivity index (χ0n) is 15.8. The first-order chi connectivity index (χ1) is 14.1. The molecule has 0 bridgehead atoms. The van der Waals surface area contributed by atoms with Crippen molar-refractivity contribution in [3.8, 4) is 28.7 Å². The predicted molar refractivity (Wildman–Crippen MR) is 113 cm³/mol. The van der Waals surface area contributed by atoms with Crippen molar-refractivity contribution in [2.75, 3.05) is 6.26 Å². The first-order valence-electron chi connectivity index (χ1n) is 8.82. The SMILES string of the molecule is CSc1ccc(-c2noc(COc3cc(C)nc(-c4cccc(Cl)c4)n3)n2)cc1. The fraction of sp³-hybridized carbons (Fsp3) is 0.143. The number of aryl methyl sites for hydroxylation is 1. The van der Waals surface area contributed by atoms with Gasteiger partial charge in [0.2, 0.25) is 11.7 Å². The maximum atomic E-state index is 6.07. The second kappa shape index (κ2) is 8.63. The lowest BCUT2D eigenvalue weighted by Gasteiger charge is -2.07. The standard InChI is InChI=1S/C21H17ClN4O2S/c1-13-10-18(24-20(23-13)15-4-3-5-16(22)11-15)27-12-19-25-21(26-28-19)14-6-8-17(29-2)9-7-14/h3-11H,12H2,1-2H3. The van der Waals surface area contributed by atoms with Crippen molar-refractivity contribution in [3.63, 3.8) is 0 Å². The van der Waals surface area contributed by atoms with Crippen molar-refractivity contribution in [1.82, 2.24) is 20.1 Å². The minimum atomic E-state index is 0.112. The minimum absolute atomic E-state index is 0.112. The van der Waals surface area contributed by atoms with E-state index in [0.717, 1.165) is 16.8 Å². The fourth-order valence-corrected chi connectivity index (χ4v) is 3.28. The van der Waals surface area contributed by atoms with Gasteiger partial charge in [-0.2, -0.15) is 9.97 Å². The highest BCUT2D eigenvalue weighted by atomic mass is 35.5. The van der Waals surface area contributed by atoms with Crippen LogP contribution < -0.4 is 4.74 Å². The van der Waals surface area contributed by atoms with Gasteiger partial charge >= 0.3 is 0 Å². The van der Waals surface area contributed by atoms with Gasteiger partial charge in [0.25, 0.3) is 5.89 Å². The van der Waals surface area contributed by atoms with Gasteiger partial charge in [-0.1, -0.05) is 28.9 Å². The van der Waals surface area contributed by atoms with E-state index < -0.39 is 0 Å². The first-order valence-corrected chi connectivity index (χ1v) is 10.4. The van der Waals surface area contributed by atoms with E-state index in [2.05, 4.69) is 20.1 Å². The van der Waals surface area contributed by atoms with Crippen molar-refractivity contribution in [3.05, 3.63) is 71.2 Å². The summed E-state index contributed by atoms with van der Waals surface area (Å²) in [6.45, 7) is 1.99. The Hall–Kier alpha value is -2.90. The third kappa shape index (κ3) is 4.75. The second-order valence-electron chi connectivity index (χ2n) is 6.21. The summed E-state index contributed by atoms with van der Waals surface area (Å²) in [5.74, 6) is 1.86. The molecule has 0 amide bonds. The highest BCUT2D eigenvalue weighted by molar-refractivity contribution is 7.98. The topological polar surface area (TPSA) is 73.9 Å². The molecule has 6 nitrogen and oxygen atoms in total. The van der Waals surface area contributed by atoms with Gasteiger partial charge in [-0.3, -0.25) is 0 Å². The van der Waals surface area contributed by atoms with Gasteiger partial charge in [0, 0.05) is 32.8 Å². The molecule has 29 heavy (non-hydrogen) atoms. The number of hydrogen-bond acceptors (Lipinski definition) is 7. The Kier molecular flexibility index (Phi) is 5.78. The van der Waals surface area contributed by atoms with Crippen LogP contribution >= 0.6 is 23.4 Å². The average molecular weight is 425 g/mol. The smallest absolute Gasteiger partial charge is 0.264 e. The molecule has 0 N–H and O–H groups in total. The molecule has 4 aromatic rings. The van der Waals surface area contributed by atoms with Crippen molar-refractivity contribution in [1.29, 1.82) is 0 Å². The summed E-state index contributed by atoms with van der Waals surface area (Å²) in [6.07, 6.45) is 2.03. The molecule has 2 aromatic heterocycles. The Morgan fingerprint density at radius 1 is 0.966 bits per heavy atom. The van der Waals surface area contributed by atoms with E-state index in [1.54, 1.807) is 23.9 Å². The molecule has 0 fully saturated rings. The van der Waals surface area contributed by atoms with Crippen LogP contribution in [0.15, 0.2) is 64.0 Å². The van der Waals surface area contributed by atoms with Crippen LogP contribution in [-0.2, 0) is 6.61 Å². The maximum absolute atomic E-state index is 6.07. The number of ether oxygens (including phenoxy) is 1. The highest BCUT2D eigenvalue weighted by Gasteiger charge is 2.11. The van der Waals surface area contributed by atoms with Gasteiger partial charge in [-0.15, -0.1) is 11.8 Å². The zero-order chi connectivity index (χ0) is 20.2.